The van der Waals surface area contributed by atoms with Gasteiger partial charge in [0.1, 0.15) is 0 Å². The van der Waals surface area contributed by atoms with Crippen LogP contribution in [-0.4, -0.2) is 48.3 Å². The van der Waals surface area contributed by atoms with Crippen molar-refractivity contribution in [1.29, 1.82) is 0 Å². The fourth-order valence-corrected chi connectivity index (χ4v) is 1.82. The van der Waals surface area contributed by atoms with Crippen molar-refractivity contribution in [2.24, 2.45) is 4.99 Å². The van der Waals surface area contributed by atoms with Crippen LogP contribution in [0.25, 0.3) is 0 Å². The van der Waals surface area contributed by atoms with Crippen molar-refractivity contribution in [2.75, 3.05) is 26.5 Å². The smallest absolute Gasteiger partial charge is 0.422 e. The molecule has 10 heteroatoms. The van der Waals surface area contributed by atoms with Gasteiger partial charge < -0.3 is 15.4 Å². The van der Waals surface area contributed by atoms with Crippen LogP contribution < -0.4 is 15.4 Å². The molecule has 0 fully saturated rings. The van der Waals surface area contributed by atoms with Crippen molar-refractivity contribution in [3.63, 3.8) is 0 Å². The molecule has 2 N–H and O–H groups in total. The molecule has 0 aliphatic carbocycles. The number of alkyl halides is 3. The first-order valence-corrected chi connectivity index (χ1v) is 8.52. The van der Waals surface area contributed by atoms with Crippen molar-refractivity contribution in [2.45, 2.75) is 31.3 Å². The molecule has 1 aromatic heterocycles. The van der Waals surface area contributed by atoms with Crippen LogP contribution >= 0.6 is 35.7 Å². The van der Waals surface area contributed by atoms with Crippen LogP contribution in [0, 0.1) is 0 Å². The van der Waals surface area contributed by atoms with E-state index in [4.69, 9.17) is 4.74 Å². The standard InChI is InChI=1S/C15H23F3N4OS.HI/c1-14(2,24-4)9-22-13(19-3)21-8-11-6-5-7-20-12(11)23-10-15(16,17)18;/h5-7H,8-10H2,1-4H3,(H2,19,21,22);1H. The van der Waals surface area contributed by atoms with Gasteiger partial charge in [0, 0.05) is 36.6 Å². The highest BCUT2D eigenvalue weighted by atomic mass is 127. The Balaban J connectivity index is 0.00000576. The van der Waals surface area contributed by atoms with Crippen LogP contribution in [0.3, 0.4) is 0 Å². The van der Waals surface area contributed by atoms with Crippen molar-refractivity contribution < 1.29 is 17.9 Å². The first kappa shape index (κ1) is 24.1. The molecule has 0 unspecified atom stereocenters. The topological polar surface area (TPSA) is 58.5 Å². The van der Waals surface area contributed by atoms with Gasteiger partial charge in [0.05, 0.1) is 0 Å². The van der Waals surface area contributed by atoms with Gasteiger partial charge in [0.25, 0.3) is 0 Å². The van der Waals surface area contributed by atoms with E-state index in [0.29, 0.717) is 18.1 Å². The zero-order chi connectivity index (χ0) is 18.2. The third-order valence-corrected chi connectivity index (χ3v) is 4.38. The van der Waals surface area contributed by atoms with E-state index in [1.54, 1.807) is 30.9 Å². The summed E-state index contributed by atoms with van der Waals surface area (Å²) in [7, 11) is 1.63. The Morgan fingerprint density at radius 1 is 1.32 bits per heavy atom. The third kappa shape index (κ3) is 9.97. The van der Waals surface area contributed by atoms with Gasteiger partial charge in [0.15, 0.2) is 12.6 Å². The largest absolute Gasteiger partial charge is 0.468 e. The number of ether oxygens (including phenoxy) is 1. The van der Waals surface area contributed by atoms with Crippen LogP contribution in [0.2, 0.25) is 0 Å². The maximum atomic E-state index is 12.3. The highest BCUT2D eigenvalue weighted by molar-refractivity contribution is 14.0. The van der Waals surface area contributed by atoms with Gasteiger partial charge in [0.2, 0.25) is 5.88 Å². The van der Waals surface area contributed by atoms with E-state index in [2.05, 4.69) is 34.5 Å². The SMILES string of the molecule is CN=C(NCc1cccnc1OCC(F)(F)F)NCC(C)(C)SC.I. The maximum absolute atomic E-state index is 12.3. The highest BCUT2D eigenvalue weighted by Crippen LogP contribution is 2.20. The summed E-state index contributed by atoms with van der Waals surface area (Å²) in [5.41, 5.74) is 0.522. The summed E-state index contributed by atoms with van der Waals surface area (Å²) in [6, 6.07) is 3.30. The lowest BCUT2D eigenvalue weighted by Gasteiger charge is -2.23. The van der Waals surface area contributed by atoms with E-state index in [0.717, 1.165) is 0 Å². The van der Waals surface area contributed by atoms with Gasteiger partial charge >= 0.3 is 6.18 Å². The fraction of sp³-hybridized carbons (Fsp3) is 0.600. The van der Waals surface area contributed by atoms with Crippen LogP contribution in [0.5, 0.6) is 5.88 Å². The van der Waals surface area contributed by atoms with Crippen LogP contribution in [0.1, 0.15) is 19.4 Å². The Morgan fingerprint density at radius 2 is 2.00 bits per heavy atom. The molecule has 0 aliphatic heterocycles. The predicted octanol–water partition coefficient (Wildman–Crippen LogP) is 3.45. The number of thioether (sulfide) groups is 1. The van der Waals surface area contributed by atoms with Gasteiger partial charge in [-0.1, -0.05) is 6.07 Å². The molecule has 1 aromatic rings. The fourth-order valence-electron chi connectivity index (χ4n) is 1.61. The van der Waals surface area contributed by atoms with Crippen molar-refractivity contribution in [3.05, 3.63) is 23.9 Å². The molecule has 0 aromatic carbocycles. The number of aliphatic imine (C=N–C) groups is 1. The number of hydrogen-bond donors (Lipinski definition) is 2. The number of hydrogen-bond acceptors (Lipinski definition) is 4. The quantitative estimate of drug-likeness (QED) is 0.347. The Labute approximate surface area is 167 Å². The summed E-state index contributed by atoms with van der Waals surface area (Å²) in [5, 5.41) is 6.23. The number of pyridine rings is 1. The lowest BCUT2D eigenvalue weighted by Crippen LogP contribution is -2.43. The average molecular weight is 492 g/mol. The molecule has 0 spiro atoms. The molecule has 0 saturated carbocycles. The van der Waals surface area contributed by atoms with E-state index in [9.17, 15) is 13.2 Å². The van der Waals surface area contributed by atoms with E-state index >= 15 is 0 Å². The molecule has 5 nitrogen and oxygen atoms in total. The van der Waals surface area contributed by atoms with Gasteiger partial charge in [-0.2, -0.15) is 24.9 Å². The summed E-state index contributed by atoms with van der Waals surface area (Å²) in [6.07, 6.45) is -0.982. The maximum Gasteiger partial charge on any atom is 0.422 e. The summed E-state index contributed by atoms with van der Waals surface area (Å²) in [5.74, 6) is 0.518. The molecular formula is C15H24F3IN4OS. The summed E-state index contributed by atoms with van der Waals surface area (Å²) < 4.78 is 41.7. The zero-order valence-corrected chi connectivity index (χ0v) is 17.8. The minimum atomic E-state index is -4.40. The lowest BCUT2D eigenvalue weighted by atomic mass is 10.2. The number of nitrogens with one attached hydrogen (secondary N) is 2. The molecule has 1 rings (SSSR count). The second-order valence-electron chi connectivity index (χ2n) is 5.61. The third-order valence-electron chi connectivity index (χ3n) is 3.13. The molecule has 0 saturated heterocycles. The molecular weight excluding hydrogens is 468 g/mol. The van der Waals surface area contributed by atoms with Crippen molar-refractivity contribution in [1.82, 2.24) is 15.6 Å². The van der Waals surface area contributed by atoms with E-state index in [1.807, 2.05) is 6.26 Å². The monoisotopic (exact) mass is 492 g/mol. The van der Waals surface area contributed by atoms with Crippen LogP contribution in [0.4, 0.5) is 13.2 Å². The summed E-state index contributed by atoms with van der Waals surface area (Å²) in [6.45, 7) is 3.77. The molecule has 144 valence electrons. The number of aromatic nitrogens is 1. The zero-order valence-electron chi connectivity index (χ0n) is 14.6. The van der Waals surface area contributed by atoms with Crippen LogP contribution in [-0.2, 0) is 6.54 Å². The van der Waals surface area contributed by atoms with Crippen molar-refractivity contribution >= 4 is 41.7 Å². The molecule has 0 aliphatic rings. The number of guanidine groups is 1. The summed E-state index contributed by atoms with van der Waals surface area (Å²) >= 11 is 1.72. The first-order chi connectivity index (χ1) is 11.2. The second kappa shape index (κ2) is 10.9. The van der Waals surface area contributed by atoms with E-state index in [1.165, 1.54) is 6.20 Å². The molecule has 1 heterocycles. The first-order valence-electron chi connectivity index (χ1n) is 7.30. The predicted molar refractivity (Wildman–Crippen MR) is 107 cm³/mol. The van der Waals surface area contributed by atoms with Crippen molar-refractivity contribution in [3.8, 4) is 5.88 Å². The second-order valence-corrected chi connectivity index (χ2v) is 7.13. The molecule has 0 bridgehead atoms. The molecule has 25 heavy (non-hydrogen) atoms. The summed E-state index contributed by atoms with van der Waals surface area (Å²) in [4.78, 5) is 7.96. The lowest BCUT2D eigenvalue weighted by molar-refractivity contribution is -0.154. The molecule has 0 atom stereocenters. The van der Waals surface area contributed by atoms with Crippen LogP contribution in [0.15, 0.2) is 23.3 Å². The van der Waals surface area contributed by atoms with Gasteiger partial charge in [-0.3, -0.25) is 4.99 Å². The number of nitrogens with zero attached hydrogens (tertiary/aromatic N) is 2. The van der Waals surface area contributed by atoms with E-state index < -0.39 is 12.8 Å². The van der Waals surface area contributed by atoms with Gasteiger partial charge in [-0.15, -0.1) is 24.0 Å². The average Bonchev–Trinajstić information content (AvgIpc) is 2.53. The Kier molecular flexibility index (Phi) is 10.5. The van der Waals surface area contributed by atoms with Gasteiger partial charge in [-0.05, 0) is 26.2 Å². The molecule has 0 amide bonds. The van der Waals surface area contributed by atoms with E-state index in [-0.39, 0.29) is 41.1 Å². The Bertz CT molecular complexity index is 556. The Morgan fingerprint density at radius 3 is 2.56 bits per heavy atom. The van der Waals surface area contributed by atoms with Gasteiger partial charge in [-0.25, -0.2) is 4.98 Å². The molecule has 0 radical (unpaired) electrons. The Hall–Kier alpha value is -0.910. The minimum absolute atomic E-state index is 0. The highest BCUT2D eigenvalue weighted by Gasteiger charge is 2.29. The minimum Gasteiger partial charge on any atom is -0.468 e. The normalized spacial score (nSPS) is 12.4. The number of halogens is 4. The number of rotatable bonds is 7.